The topological polar surface area (TPSA) is 109 Å². The average molecular weight is 381 g/mol. The van der Waals surface area contributed by atoms with Crippen LogP contribution in [-0.2, 0) is 14.3 Å². The van der Waals surface area contributed by atoms with Crippen LogP contribution in [-0.4, -0.2) is 49.2 Å². The summed E-state index contributed by atoms with van der Waals surface area (Å²) in [6.07, 6.45) is 0.550. The Balaban J connectivity index is 3.17. The van der Waals surface area contributed by atoms with Crippen LogP contribution >= 0.6 is 0 Å². The number of carbonyl (C=O) groups excluding carboxylic acids is 2. The van der Waals surface area contributed by atoms with E-state index < -0.39 is 17.9 Å². The van der Waals surface area contributed by atoms with E-state index in [1.54, 1.807) is 20.8 Å². The second kappa shape index (κ2) is 10.3. The molecule has 0 aliphatic rings. The van der Waals surface area contributed by atoms with Crippen LogP contribution in [0.4, 0.5) is 0 Å². The van der Waals surface area contributed by atoms with Gasteiger partial charge in [-0.15, -0.1) is 0 Å². The highest BCUT2D eigenvalue weighted by molar-refractivity contribution is 5.95. The van der Waals surface area contributed by atoms with Crippen molar-refractivity contribution in [3.63, 3.8) is 0 Å². The van der Waals surface area contributed by atoms with E-state index in [4.69, 9.17) is 18.9 Å². The lowest BCUT2D eigenvalue weighted by Crippen LogP contribution is -2.46. The first kappa shape index (κ1) is 22.2. The molecule has 0 spiro atoms. The number of rotatable bonds is 9. The van der Waals surface area contributed by atoms with Crippen LogP contribution in [0.1, 0.15) is 34.1 Å². The lowest BCUT2D eigenvalue weighted by molar-refractivity contribution is -0.146. The minimum atomic E-state index is -0.813. The third kappa shape index (κ3) is 6.12. The fourth-order valence-corrected chi connectivity index (χ4v) is 2.05. The van der Waals surface area contributed by atoms with E-state index in [2.05, 4.69) is 15.3 Å². The summed E-state index contributed by atoms with van der Waals surface area (Å²) >= 11 is 0. The van der Waals surface area contributed by atoms with Gasteiger partial charge < -0.3 is 24.3 Å². The quantitative estimate of drug-likeness (QED) is 0.392. The normalized spacial score (nSPS) is 12.7. The van der Waals surface area contributed by atoms with Crippen LogP contribution in [0.25, 0.3) is 0 Å². The summed E-state index contributed by atoms with van der Waals surface area (Å²) in [6, 6.07) is 0.560. The van der Waals surface area contributed by atoms with Crippen LogP contribution in [0.2, 0.25) is 0 Å². The summed E-state index contributed by atoms with van der Waals surface area (Å²) in [7, 11) is 4.15. The van der Waals surface area contributed by atoms with Crippen LogP contribution in [0, 0.1) is 5.92 Å². The summed E-state index contributed by atoms with van der Waals surface area (Å²) in [4.78, 5) is 32.8. The molecule has 1 heterocycles. The Morgan fingerprint density at radius 3 is 2.07 bits per heavy atom. The third-order valence-electron chi connectivity index (χ3n) is 3.80. The number of aromatic nitrogens is 2. The van der Waals surface area contributed by atoms with E-state index in [0.717, 1.165) is 0 Å². The number of methoxy groups -OCH3 is 3. The lowest BCUT2D eigenvalue weighted by Gasteiger charge is -2.21. The molecular weight excluding hydrogens is 354 g/mol. The van der Waals surface area contributed by atoms with E-state index in [1.165, 1.54) is 27.4 Å². The van der Waals surface area contributed by atoms with Gasteiger partial charge in [-0.25, -0.2) is 4.79 Å². The maximum absolute atomic E-state index is 12.8. The van der Waals surface area contributed by atoms with E-state index >= 15 is 0 Å². The maximum atomic E-state index is 12.8. The van der Waals surface area contributed by atoms with E-state index in [9.17, 15) is 9.59 Å². The number of amides is 1. The molecule has 0 fully saturated rings. The monoisotopic (exact) mass is 381 g/mol. The summed E-state index contributed by atoms with van der Waals surface area (Å²) in [6.45, 7) is 7.22. The van der Waals surface area contributed by atoms with Gasteiger partial charge >= 0.3 is 12.0 Å². The van der Waals surface area contributed by atoms with Gasteiger partial charge in [-0.05, 0) is 24.8 Å². The average Bonchev–Trinajstić information content (AvgIpc) is 2.68. The van der Waals surface area contributed by atoms with Crippen LogP contribution < -0.4 is 19.5 Å². The van der Waals surface area contributed by atoms with Gasteiger partial charge in [0.05, 0.1) is 27.4 Å². The molecule has 1 rings (SSSR count). The molecule has 1 N–H and O–H groups in total. The van der Waals surface area contributed by atoms with Gasteiger partial charge in [-0.2, -0.15) is 9.97 Å². The van der Waals surface area contributed by atoms with Gasteiger partial charge in [-0.1, -0.05) is 20.8 Å². The second-order valence-electron chi connectivity index (χ2n) is 6.02. The van der Waals surface area contributed by atoms with Crippen LogP contribution in [0.15, 0.2) is 17.4 Å². The van der Waals surface area contributed by atoms with Gasteiger partial charge in [0.2, 0.25) is 11.8 Å². The predicted molar refractivity (Wildman–Crippen MR) is 97.5 cm³/mol. The molecule has 27 heavy (non-hydrogen) atoms. The Morgan fingerprint density at radius 1 is 1.11 bits per heavy atom. The third-order valence-corrected chi connectivity index (χ3v) is 3.80. The fourth-order valence-electron chi connectivity index (χ4n) is 2.05. The summed E-state index contributed by atoms with van der Waals surface area (Å²) in [5.74, 6) is -0.823. The fraction of sp³-hybridized carbons (Fsp3) is 0.556. The number of hydrogen-bond acceptors (Lipinski definition) is 8. The number of nitrogens with zero attached hydrogens (tertiary/aromatic N) is 2. The molecule has 0 aliphatic heterocycles. The molecule has 150 valence electrons. The number of hydrogen-bond donors (Lipinski definition) is 1. The molecule has 0 aliphatic carbocycles. The molecule has 0 unspecified atom stereocenters. The van der Waals surface area contributed by atoms with Crippen molar-refractivity contribution < 1.29 is 28.5 Å². The number of allylic oxidation sites excluding steroid dienone is 1. The van der Waals surface area contributed by atoms with Crippen LogP contribution in [0.3, 0.4) is 0 Å². The number of esters is 1. The van der Waals surface area contributed by atoms with Crippen molar-refractivity contribution in [2.24, 2.45) is 5.92 Å². The zero-order chi connectivity index (χ0) is 20.6. The van der Waals surface area contributed by atoms with Gasteiger partial charge in [0, 0.05) is 0 Å². The van der Waals surface area contributed by atoms with Crippen molar-refractivity contribution in [3.05, 3.63) is 17.4 Å². The van der Waals surface area contributed by atoms with Crippen molar-refractivity contribution in [1.29, 1.82) is 0 Å². The van der Waals surface area contributed by atoms with Crippen molar-refractivity contribution in [2.45, 2.75) is 40.2 Å². The van der Waals surface area contributed by atoms with Gasteiger partial charge in [0.25, 0.3) is 5.91 Å². The molecule has 1 atom stereocenters. The summed E-state index contributed by atoms with van der Waals surface area (Å²) in [5.41, 5.74) is 0.658. The van der Waals surface area contributed by atoms with Gasteiger partial charge in [0.15, 0.2) is 5.76 Å². The smallest absolute Gasteiger partial charge is 0.328 e. The highest BCUT2D eigenvalue weighted by Gasteiger charge is 2.28. The van der Waals surface area contributed by atoms with Gasteiger partial charge in [-0.3, -0.25) is 4.79 Å². The van der Waals surface area contributed by atoms with Crippen LogP contribution in [0.5, 0.6) is 17.8 Å². The molecule has 1 aromatic heterocycles. The van der Waals surface area contributed by atoms with Crippen molar-refractivity contribution in [2.75, 3.05) is 21.3 Å². The Kier molecular flexibility index (Phi) is 8.50. The number of carbonyl (C=O) groups is 2. The number of ether oxygens (including phenoxy) is 4. The number of nitrogens with one attached hydrogen (secondary N) is 1. The molecule has 0 saturated heterocycles. The molecule has 9 heteroatoms. The predicted octanol–water partition coefficient (Wildman–Crippen LogP) is 1.87. The first-order valence-electron chi connectivity index (χ1n) is 8.50. The molecular formula is C18H27N3O6. The first-order valence-corrected chi connectivity index (χ1v) is 8.50. The largest absolute Gasteiger partial charge is 0.481 e. The standard InChI is InChI=1S/C18H27N3O6/c1-8-11(4)15(16(22)21-14(10(2)3)17(23)26-7)27-18-19-12(24-5)9-13(20-18)25-6/h9-10,14H,8H2,1-7H3,(H,21,22)/t14-/m0/s1. The zero-order valence-electron chi connectivity index (χ0n) is 16.8. The molecule has 0 bridgehead atoms. The molecule has 1 amide bonds. The summed E-state index contributed by atoms with van der Waals surface area (Å²) < 4.78 is 20.6. The van der Waals surface area contributed by atoms with E-state index in [0.29, 0.717) is 12.0 Å². The van der Waals surface area contributed by atoms with Crippen molar-refractivity contribution in [3.8, 4) is 17.8 Å². The highest BCUT2D eigenvalue weighted by atomic mass is 16.5. The van der Waals surface area contributed by atoms with Gasteiger partial charge in [0.1, 0.15) is 6.04 Å². The highest BCUT2D eigenvalue weighted by Crippen LogP contribution is 2.22. The second-order valence-corrected chi connectivity index (χ2v) is 6.02. The lowest BCUT2D eigenvalue weighted by atomic mass is 10.0. The first-order chi connectivity index (χ1) is 12.8. The zero-order valence-corrected chi connectivity index (χ0v) is 16.8. The molecule has 0 saturated carbocycles. The minimum Gasteiger partial charge on any atom is -0.481 e. The van der Waals surface area contributed by atoms with E-state index in [-0.39, 0.29) is 29.4 Å². The maximum Gasteiger partial charge on any atom is 0.328 e. The molecule has 9 nitrogen and oxygen atoms in total. The molecule has 0 radical (unpaired) electrons. The van der Waals surface area contributed by atoms with Crippen molar-refractivity contribution in [1.82, 2.24) is 15.3 Å². The molecule has 1 aromatic rings. The minimum absolute atomic E-state index is 0.00218. The Morgan fingerprint density at radius 2 is 1.67 bits per heavy atom. The van der Waals surface area contributed by atoms with E-state index in [1.807, 2.05) is 6.92 Å². The Hall–Kier alpha value is -2.84. The molecule has 0 aromatic carbocycles. The van der Waals surface area contributed by atoms with Crippen molar-refractivity contribution >= 4 is 11.9 Å². The SMILES string of the molecule is CCC(C)=C(Oc1nc(OC)cc(OC)n1)C(=O)N[C@H](C(=O)OC)C(C)C. The Bertz CT molecular complexity index is 680. The Labute approximate surface area is 159 Å². The summed E-state index contributed by atoms with van der Waals surface area (Å²) in [5, 5.41) is 2.65.